The van der Waals surface area contributed by atoms with Gasteiger partial charge in [-0.1, -0.05) is 30.3 Å². The minimum Gasteiger partial charge on any atom is -0.376 e. The first-order valence-electron chi connectivity index (χ1n) is 6.58. The first kappa shape index (κ1) is 13.2. The molecule has 1 heterocycles. The second-order valence-electron chi connectivity index (χ2n) is 4.70. The van der Waals surface area contributed by atoms with Crippen LogP contribution < -0.4 is 5.32 Å². The molecule has 0 aliphatic rings. The van der Waals surface area contributed by atoms with E-state index in [0.717, 1.165) is 5.56 Å². The van der Waals surface area contributed by atoms with Crippen molar-refractivity contribution < 1.29 is 4.39 Å². The van der Waals surface area contributed by atoms with Gasteiger partial charge in [0.15, 0.2) is 0 Å². The Morgan fingerprint density at radius 3 is 2.67 bits per heavy atom. The standard InChI is InChI=1S/C15H14FN5/c1-11(12-5-3-2-4-6-12)18-15-9-13(7-8-14(15)16)21-10-17-19-20-21/h2-11,18H,1H3. The lowest BCUT2D eigenvalue weighted by molar-refractivity contribution is 0.626. The predicted molar refractivity (Wildman–Crippen MR) is 77.6 cm³/mol. The highest BCUT2D eigenvalue weighted by Crippen LogP contribution is 2.23. The molecule has 0 bridgehead atoms. The Hall–Kier alpha value is -2.76. The lowest BCUT2D eigenvalue weighted by atomic mass is 10.1. The maximum Gasteiger partial charge on any atom is 0.146 e. The summed E-state index contributed by atoms with van der Waals surface area (Å²) in [5, 5.41) is 14.1. The van der Waals surface area contributed by atoms with Crippen molar-refractivity contribution in [2.24, 2.45) is 0 Å². The predicted octanol–water partition coefficient (Wildman–Crippen LogP) is 2.97. The van der Waals surface area contributed by atoms with E-state index in [9.17, 15) is 4.39 Å². The molecule has 0 fully saturated rings. The molecule has 3 rings (SSSR count). The Morgan fingerprint density at radius 1 is 1.14 bits per heavy atom. The monoisotopic (exact) mass is 283 g/mol. The first-order valence-corrected chi connectivity index (χ1v) is 6.58. The van der Waals surface area contributed by atoms with Crippen LogP contribution in [0.2, 0.25) is 0 Å². The van der Waals surface area contributed by atoms with Crippen molar-refractivity contribution in [2.45, 2.75) is 13.0 Å². The number of nitrogens with zero attached hydrogens (tertiary/aromatic N) is 4. The summed E-state index contributed by atoms with van der Waals surface area (Å²) in [6.45, 7) is 1.98. The summed E-state index contributed by atoms with van der Waals surface area (Å²) >= 11 is 0. The molecular formula is C15H14FN5. The molecule has 0 radical (unpaired) electrons. The molecule has 0 aliphatic heterocycles. The average molecular weight is 283 g/mol. The number of benzene rings is 2. The summed E-state index contributed by atoms with van der Waals surface area (Å²) in [4.78, 5) is 0. The van der Waals surface area contributed by atoms with Crippen LogP contribution in [0.15, 0.2) is 54.9 Å². The fraction of sp³-hybridized carbons (Fsp3) is 0.133. The third-order valence-corrected chi connectivity index (χ3v) is 3.24. The van der Waals surface area contributed by atoms with Gasteiger partial charge in [0.05, 0.1) is 11.4 Å². The highest BCUT2D eigenvalue weighted by atomic mass is 19.1. The van der Waals surface area contributed by atoms with Gasteiger partial charge >= 0.3 is 0 Å². The third kappa shape index (κ3) is 2.89. The number of tetrazole rings is 1. The van der Waals surface area contributed by atoms with Crippen LogP contribution in [0, 0.1) is 5.82 Å². The van der Waals surface area contributed by atoms with Crippen LogP contribution in [-0.2, 0) is 0 Å². The molecule has 0 spiro atoms. The quantitative estimate of drug-likeness (QED) is 0.799. The second kappa shape index (κ2) is 5.70. The van der Waals surface area contributed by atoms with Gasteiger partial charge in [-0.05, 0) is 41.1 Å². The number of halogens is 1. The van der Waals surface area contributed by atoms with Crippen LogP contribution in [0.3, 0.4) is 0 Å². The van der Waals surface area contributed by atoms with E-state index in [1.807, 2.05) is 37.3 Å². The SMILES string of the molecule is CC(Nc1cc(-n2cnnn2)ccc1F)c1ccccc1. The van der Waals surface area contributed by atoms with Crippen LogP contribution >= 0.6 is 0 Å². The summed E-state index contributed by atoms with van der Waals surface area (Å²) in [5.74, 6) is -0.311. The summed E-state index contributed by atoms with van der Waals surface area (Å²) in [6.07, 6.45) is 1.47. The lowest BCUT2D eigenvalue weighted by Crippen LogP contribution is -2.08. The fourth-order valence-corrected chi connectivity index (χ4v) is 2.10. The first-order chi connectivity index (χ1) is 10.2. The van der Waals surface area contributed by atoms with Crippen molar-refractivity contribution in [3.05, 3.63) is 66.2 Å². The minimum absolute atomic E-state index is 0.00942. The summed E-state index contributed by atoms with van der Waals surface area (Å²) in [6, 6.07) is 14.6. The van der Waals surface area contributed by atoms with Gasteiger partial charge in [-0.2, -0.15) is 0 Å². The molecule has 0 saturated heterocycles. The number of aromatic nitrogens is 4. The number of hydrogen-bond donors (Lipinski definition) is 1. The molecule has 2 aromatic carbocycles. The normalized spacial score (nSPS) is 12.1. The van der Waals surface area contributed by atoms with E-state index in [2.05, 4.69) is 20.8 Å². The maximum absolute atomic E-state index is 14.0. The van der Waals surface area contributed by atoms with Crippen molar-refractivity contribution in [2.75, 3.05) is 5.32 Å². The summed E-state index contributed by atoms with van der Waals surface area (Å²) < 4.78 is 15.4. The van der Waals surface area contributed by atoms with E-state index in [1.54, 1.807) is 12.1 Å². The van der Waals surface area contributed by atoms with Crippen LogP contribution in [0.5, 0.6) is 0 Å². The average Bonchev–Trinajstić information content (AvgIpc) is 3.04. The number of nitrogens with one attached hydrogen (secondary N) is 1. The molecule has 3 aromatic rings. The highest BCUT2D eigenvalue weighted by molar-refractivity contribution is 5.53. The molecule has 1 N–H and O–H groups in total. The largest absolute Gasteiger partial charge is 0.376 e. The van der Waals surface area contributed by atoms with Gasteiger partial charge in [0, 0.05) is 6.04 Å². The number of anilines is 1. The molecule has 106 valence electrons. The third-order valence-electron chi connectivity index (χ3n) is 3.24. The molecular weight excluding hydrogens is 269 g/mol. The van der Waals surface area contributed by atoms with Gasteiger partial charge < -0.3 is 5.32 Å². The Balaban J connectivity index is 1.86. The van der Waals surface area contributed by atoms with E-state index < -0.39 is 0 Å². The zero-order valence-corrected chi connectivity index (χ0v) is 11.4. The Kier molecular flexibility index (Phi) is 3.59. The number of hydrogen-bond acceptors (Lipinski definition) is 4. The van der Waals surface area contributed by atoms with Crippen LogP contribution in [-0.4, -0.2) is 20.2 Å². The molecule has 0 amide bonds. The highest BCUT2D eigenvalue weighted by Gasteiger charge is 2.10. The topological polar surface area (TPSA) is 55.6 Å². The molecule has 1 unspecified atom stereocenters. The van der Waals surface area contributed by atoms with Crippen molar-refractivity contribution in [3.63, 3.8) is 0 Å². The Labute approximate surface area is 121 Å². The van der Waals surface area contributed by atoms with E-state index in [-0.39, 0.29) is 11.9 Å². The summed E-state index contributed by atoms with van der Waals surface area (Å²) in [7, 11) is 0. The smallest absolute Gasteiger partial charge is 0.146 e. The van der Waals surface area contributed by atoms with Gasteiger partial charge in [0.2, 0.25) is 0 Å². The van der Waals surface area contributed by atoms with Gasteiger partial charge in [0.25, 0.3) is 0 Å². The molecule has 21 heavy (non-hydrogen) atoms. The van der Waals surface area contributed by atoms with Gasteiger partial charge in [-0.15, -0.1) is 5.10 Å². The van der Waals surface area contributed by atoms with E-state index >= 15 is 0 Å². The molecule has 1 aromatic heterocycles. The fourth-order valence-electron chi connectivity index (χ4n) is 2.10. The van der Waals surface area contributed by atoms with E-state index in [0.29, 0.717) is 11.4 Å². The van der Waals surface area contributed by atoms with Crippen LogP contribution in [0.25, 0.3) is 5.69 Å². The van der Waals surface area contributed by atoms with Crippen molar-refractivity contribution >= 4 is 5.69 Å². The van der Waals surface area contributed by atoms with Crippen molar-refractivity contribution in [1.29, 1.82) is 0 Å². The Bertz CT molecular complexity index is 712. The zero-order chi connectivity index (χ0) is 14.7. The van der Waals surface area contributed by atoms with E-state index in [4.69, 9.17) is 0 Å². The molecule has 0 saturated carbocycles. The Morgan fingerprint density at radius 2 is 1.95 bits per heavy atom. The number of rotatable bonds is 4. The second-order valence-corrected chi connectivity index (χ2v) is 4.70. The van der Waals surface area contributed by atoms with Gasteiger partial charge in [0.1, 0.15) is 12.1 Å². The molecule has 5 nitrogen and oxygen atoms in total. The van der Waals surface area contributed by atoms with Gasteiger partial charge in [-0.25, -0.2) is 9.07 Å². The maximum atomic E-state index is 14.0. The zero-order valence-electron chi connectivity index (χ0n) is 11.4. The lowest BCUT2D eigenvalue weighted by Gasteiger charge is -2.17. The molecule has 6 heteroatoms. The van der Waals surface area contributed by atoms with Gasteiger partial charge in [-0.3, -0.25) is 0 Å². The van der Waals surface area contributed by atoms with Crippen LogP contribution in [0.1, 0.15) is 18.5 Å². The van der Waals surface area contributed by atoms with Crippen molar-refractivity contribution in [3.8, 4) is 5.69 Å². The molecule has 1 atom stereocenters. The minimum atomic E-state index is -0.311. The van der Waals surface area contributed by atoms with E-state index in [1.165, 1.54) is 17.1 Å². The molecule has 0 aliphatic carbocycles. The summed E-state index contributed by atoms with van der Waals surface area (Å²) in [5.41, 5.74) is 2.20. The van der Waals surface area contributed by atoms with Crippen molar-refractivity contribution in [1.82, 2.24) is 20.2 Å². The van der Waals surface area contributed by atoms with Crippen LogP contribution in [0.4, 0.5) is 10.1 Å².